The predicted molar refractivity (Wildman–Crippen MR) is 75.6 cm³/mol. The minimum atomic E-state index is -0.496. The Hall–Kier alpha value is -0.580. The Morgan fingerprint density at radius 2 is 2.26 bits per heavy atom. The van der Waals surface area contributed by atoms with Gasteiger partial charge in [-0.1, -0.05) is 18.5 Å². The van der Waals surface area contributed by atoms with Gasteiger partial charge in [0.05, 0.1) is 28.6 Å². The molecule has 0 saturated carbocycles. The summed E-state index contributed by atoms with van der Waals surface area (Å²) in [5, 5.41) is 15.5. The lowest BCUT2D eigenvalue weighted by Crippen LogP contribution is -2.34. The zero-order valence-corrected chi connectivity index (χ0v) is 12.5. The van der Waals surface area contributed by atoms with Crippen molar-refractivity contribution in [3.05, 3.63) is 16.4 Å². The van der Waals surface area contributed by atoms with Crippen molar-refractivity contribution in [3.63, 3.8) is 0 Å². The van der Waals surface area contributed by atoms with Crippen LogP contribution in [-0.2, 0) is 24.1 Å². The zero-order valence-electron chi connectivity index (χ0n) is 11.7. The van der Waals surface area contributed by atoms with Crippen molar-refractivity contribution in [2.24, 2.45) is 0 Å². The molecule has 1 aliphatic heterocycles. The Morgan fingerprint density at radius 3 is 2.84 bits per heavy atom. The molecule has 1 N–H and O–H groups in total. The van der Waals surface area contributed by atoms with Crippen LogP contribution in [0, 0.1) is 0 Å². The third-order valence-corrected chi connectivity index (χ3v) is 4.18. The first-order valence-electron chi connectivity index (χ1n) is 7.21. The van der Waals surface area contributed by atoms with Crippen molar-refractivity contribution in [2.45, 2.75) is 64.7 Å². The van der Waals surface area contributed by atoms with Crippen LogP contribution in [0.1, 0.15) is 44.5 Å². The van der Waals surface area contributed by atoms with E-state index < -0.39 is 6.10 Å². The molecule has 2 rings (SSSR count). The Bertz CT molecular complexity index is 414. The second-order valence-corrected chi connectivity index (χ2v) is 5.43. The standard InChI is InChI=1S/C14H23ClN2O2/c1-3-10-14(15)11(17(4-2)16-10)9-12(18)13-7-5-6-8-19-13/h12-13,18H,3-9H2,1-2H3. The van der Waals surface area contributed by atoms with Gasteiger partial charge in [-0.15, -0.1) is 0 Å². The second kappa shape index (κ2) is 6.73. The molecule has 1 aromatic heterocycles. The third-order valence-electron chi connectivity index (χ3n) is 3.74. The number of nitrogens with zero attached hydrogens (tertiary/aromatic N) is 2. The van der Waals surface area contributed by atoms with Gasteiger partial charge in [0.15, 0.2) is 0 Å². The molecular formula is C14H23ClN2O2. The molecule has 2 atom stereocenters. The van der Waals surface area contributed by atoms with Crippen molar-refractivity contribution in [2.75, 3.05) is 6.61 Å². The summed E-state index contributed by atoms with van der Waals surface area (Å²) in [5.41, 5.74) is 1.85. The maximum absolute atomic E-state index is 10.3. The zero-order chi connectivity index (χ0) is 13.8. The van der Waals surface area contributed by atoms with Crippen LogP contribution in [0.3, 0.4) is 0 Å². The lowest BCUT2D eigenvalue weighted by Gasteiger charge is -2.27. The van der Waals surface area contributed by atoms with Crippen molar-refractivity contribution < 1.29 is 9.84 Å². The smallest absolute Gasteiger partial charge is 0.0857 e. The number of aromatic nitrogens is 2. The number of aliphatic hydroxyl groups excluding tert-OH is 1. The molecule has 108 valence electrons. The van der Waals surface area contributed by atoms with Crippen LogP contribution >= 0.6 is 11.6 Å². The van der Waals surface area contributed by atoms with E-state index >= 15 is 0 Å². The van der Waals surface area contributed by atoms with Crippen LogP contribution in [0.4, 0.5) is 0 Å². The summed E-state index contributed by atoms with van der Waals surface area (Å²) in [4.78, 5) is 0. The van der Waals surface area contributed by atoms with E-state index in [9.17, 15) is 5.11 Å². The fourth-order valence-corrected chi connectivity index (χ4v) is 2.96. The molecule has 2 heterocycles. The summed E-state index contributed by atoms with van der Waals surface area (Å²) >= 11 is 6.36. The molecule has 1 aliphatic rings. The molecule has 1 fully saturated rings. The Balaban J connectivity index is 2.10. The Morgan fingerprint density at radius 1 is 1.47 bits per heavy atom. The summed E-state index contributed by atoms with van der Waals surface area (Å²) < 4.78 is 7.53. The van der Waals surface area contributed by atoms with Crippen molar-refractivity contribution >= 4 is 11.6 Å². The lowest BCUT2D eigenvalue weighted by molar-refractivity contribution is -0.0616. The molecule has 0 bridgehead atoms. The largest absolute Gasteiger partial charge is 0.390 e. The summed E-state index contributed by atoms with van der Waals surface area (Å²) in [6.07, 6.45) is 3.93. The number of halogens is 1. The van der Waals surface area contributed by atoms with Gasteiger partial charge in [-0.3, -0.25) is 4.68 Å². The molecule has 0 aliphatic carbocycles. The van der Waals surface area contributed by atoms with Crippen molar-refractivity contribution in [1.29, 1.82) is 0 Å². The monoisotopic (exact) mass is 286 g/mol. The van der Waals surface area contributed by atoms with Crippen LogP contribution in [0.2, 0.25) is 5.02 Å². The van der Waals surface area contributed by atoms with E-state index in [2.05, 4.69) is 5.10 Å². The average molecular weight is 287 g/mol. The summed E-state index contributed by atoms with van der Waals surface area (Å²) in [5.74, 6) is 0. The fraction of sp³-hybridized carbons (Fsp3) is 0.786. The highest BCUT2D eigenvalue weighted by Crippen LogP contribution is 2.25. The van der Waals surface area contributed by atoms with E-state index in [0.29, 0.717) is 11.4 Å². The Kier molecular flexibility index (Phi) is 5.25. The molecule has 0 spiro atoms. The second-order valence-electron chi connectivity index (χ2n) is 5.05. The van der Waals surface area contributed by atoms with E-state index in [1.165, 1.54) is 0 Å². The highest BCUT2D eigenvalue weighted by molar-refractivity contribution is 6.31. The van der Waals surface area contributed by atoms with Gasteiger partial charge in [0.1, 0.15) is 0 Å². The van der Waals surface area contributed by atoms with Gasteiger partial charge < -0.3 is 9.84 Å². The van der Waals surface area contributed by atoms with Crippen LogP contribution in [0.25, 0.3) is 0 Å². The van der Waals surface area contributed by atoms with E-state index in [4.69, 9.17) is 16.3 Å². The molecule has 0 aromatic carbocycles. The minimum Gasteiger partial charge on any atom is -0.390 e. The van der Waals surface area contributed by atoms with Crippen LogP contribution in [-0.4, -0.2) is 33.7 Å². The Labute approximate surface area is 119 Å². The summed E-state index contributed by atoms with van der Waals surface area (Å²) in [6.45, 7) is 5.60. The van der Waals surface area contributed by atoms with E-state index in [1.54, 1.807) is 0 Å². The lowest BCUT2D eigenvalue weighted by atomic mass is 10.0. The molecule has 19 heavy (non-hydrogen) atoms. The third kappa shape index (κ3) is 3.30. The molecule has 2 unspecified atom stereocenters. The van der Waals surface area contributed by atoms with Gasteiger partial charge in [0.25, 0.3) is 0 Å². The summed E-state index contributed by atoms with van der Waals surface area (Å²) in [7, 11) is 0. The summed E-state index contributed by atoms with van der Waals surface area (Å²) in [6, 6.07) is 0. The van der Waals surface area contributed by atoms with E-state index in [1.807, 2.05) is 18.5 Å². The molecule has 0 radical (unpaired) electrons. The van der Waals surface area contributed by atoms with Crippen LogP contribution in [0.15, 0.2) is 0 Å². The molecular weight excluding hydrogens is 264 g/mol. The predicted octanol–water partition coefficient (Wildman–Crippen LogP) is 2.59. The van der Waals surface area contributed by atoms with E-state index in [0.717, 1.165) is 50.2 Å². The SMILES string of the molecule is CCc1nn(CC)c(CC(O)C2CCCCO2)c1Cl. The number of ether oxygens (including phenoxy) is 1. The average Bonchev–Trinajstić information content (AvgIpc) is 2.76. The van der Waals surface area contributed by atoms with Gasteiger partial charge in [0.2, 0.25) is 0 Å². The number of aryl methyl sites for hydroxylation is 2. The number of hydrogen-bond acceptors (Lipinski definition) is 3. The van der Waals surface area contributed by atoms with Gasteiger partial charge in [-0.2, -0.15) is 5.10 Å². The molecule has 1 aromatic rings. The fourth-order valence-electron chi connectivity index (χ4n) is 2.61. The molecule has 0 amide bonds. The quantitative estimate of drug-likeness (QED) is 0.905. The number of rotatable bonds is 5. The maximum Gasteiger partial charge on any atom is 0.0857 e. The maximum atomic E-state index is 10.3. The van der Waals surface area contributed by atoms with Gasteiger partial charge in [-0.25, -0.2) is 0 Å². The molecule has 4 nitrogen and oxygen atoms in total. The highest BCUT2D eigenvalue weighted by atomic mass is 35.5. The van der Waals surface area contributed by atoms with Crippen molar-refractivity contribution in [1.82, 2.24) is 9.78 Å². The number of hydrogen-bond donors (Lipinski definition) is 1. The molecule has 1 saturated heterocycles. The normalized spacial score (nSPS) is 21.6. The van der Waals surface area contributed by atoms with Crippen LogP contribution < -0.4 is 0 Å². The first-order valence-corrected chi connectivity index (χ1v) is 7.58. The van der Waals surface area contributed by atoms with Gasteiger partial charge >= 0.3 is 0 Å². The minimum absolute atomic E-state index is 0.0601. The highest BCUT2D eigenvalue weighted by Gasteiger charge is 2.26. The van der Waals surface area contributed by atoms with Gasteiger partial charge in [0, 0.05) is 19.6 Å². The topological polar surface area (TPSA) is 47.3 Å². The van der Waals surface area contributed by atoms with Crippen molar-refractivity contribution in [3.8, 4) is 0 Å². The van der Waals surface area contributed by atoms with Gasteiger partial charge in [-0.05, 0) is 32.6 Å². The van der Waals surface area contributed by atoms with Crippen LogP contribution in [0.5, 0.6) is 0 Å². The molecule has 5 heteroatoms. The first-order chi connectivity index (χ1) is 9.17. The first kappa shape index (κ1) is 14.8. The van der Waals surface area contributed by atoms with E-state index in [-0.39, 0.29) is 6.10 Å². The number of aliphatic hydroxyl groups is 1.